The number of aromatic amines is 1. The van der Waals surface area contributed by atoms with Crippen molar-refractivity contribution in [2.45, 2.75) is 51.2 Å². The molecular formula is C23H32N6O6. The van der Waals surface area contributed by atoms with Crippen molar-refractivity contribution in [2.24, 2.45) is 11.7 Å². The van der Waals surface area contributed by atoms with Gasteiger partial charge in [0.15, 0.2) is 0 Å². The molecule has 8 N–H and O–H groups in total. The van der Waals surface area contributed by atoms with Gasteiger partial charge < -0.3 is 36.9 Å². The lowest BCUT2D eigenvalue weighted by molar-refractivity contribution is -0.138. The molecule has 0 fully saturated rings. The van der Waals surface area contributed by atoms with E-state index in [0.717, 1.165) is 0 Å². The van der Waals surface area contributed by atoms with Gasteiger partial charge in [0.05, 0.1) is 12.4 Å². The Morgan fingerprint density at radius 1 is 1.06 bits per heavy atom. The molecule has 1 aromatic heterocycles. The van der Waals surface area contributed by atoms with Crippen molar-refractivity contribution in [3.63, 3.8) is 0 Å². The molecule has 0 aliphatic carbocycles. The fourth-order valence-corrected chi connectivity index (χ4v) is 3.31. The Kier molecular flexibility index (Phi) is 10.2. The molecule has 0 aliphatic heterocycles. The molecular weight excluding hydrogens is 456 g/mol. The number of nitrogens with two attached hydrogens (primary N) is 1. The maximum atomic E-state index is 13.2. The number of nitrogens with zero attached hydrogens (tertiary/aromatic N) is 1. The van der Waals surface area contributed by atoms with Crippen molar-refractivity contribution in [1.29, 1.82) is 0 Å². The second-order valence-electron chi connectivity index (χ2n) is 8.30. The molecule has 2 aromatic rings. The molecule has 0 spiro atoms. The first-order chi connectivity index (χ1) is 16.6. The van der Waals surface area contributed by atoms with E-state index in [2.05, 4.69) is 25.9 Å². The zero-order valence-corrected chi connectivity index (χ0v) is 19.7. The lowest BCUT2D eigenvalue weighted by atomic mass is 9.96. The van der Waals surface area contributed by atoms with Crippen LogP contribution in [0, 0.1) is 5.92 Å². The topological polar surface area (TPSA) is 200 Å². The van der Waals surface area contributed by atoms with Gasteiger partial charge in [-0.2, -0.15) is 0 Å². The number of rotatable bonds is 13. The SMILES string of the molecule is CCC(C)C(NC(=O)C(N)Cc1cnc[nH]1)C(=O)NC(Cc1ccc(O)cc1)C(=O)NCC(=O)O. The van der Waals surface area contributed by atoms with Gasteiger partial charge in [0.2, 0.25) is 17.7 Å². The first-order valence-electron chi connectivity index (χ1n) is 11.2. The van der Waals surface area contributed by atoms with Gasteiger partial charge in [-0.25, -0.2) is 4.98 Å². The van der Waals surface area contributed by atoms with E-state index in [9.17, 15) is 24.3 Å². The summed E-state index contributed by atoms with van der Waals surface area (Å²) >= 11 is 0. The standard InChI is InChI=1S/C23H32N6O6/c1-3-13(2)20(29-21(33)17(24)9-15-10-25-12-27-15)23(35)28-18(22(34)26-11-19(31)32)8-14-4-6-16(30)7-5-14/h4-7,10,12-13,17-18,20,30H,3,8-9,11,24H2,1-2H3,(H,25,27)(H,26,34)(H,28,35)(H,29,33)(H,31,32). The smallest absolute Gasteiger partial charge is 0.322 e. The number of imidazole rings is 1. The van der Waals surface area contributed by atoms with E-state index in [-0.39, 0.29) is 24.5 Å². The molecule has 2 rings (SSSR count). The Balaban J connectivity index is 2.15. The van der Waals surface area contributed by atoms with E-state index in [0.29, 0.717) is 17.7 Å². The van der Waals surface area contributed by atoms with Crippen LogP contribution in [-0.4, -0.2) is 68.5 Å². The van der Waals surface area contributed by atoms with Crippen LogP contribution in [0.5, 0.6) is 5.75 Å². The molecule has 4 unspecified atom stereocenters. The molecule has 0 aliphatic rings. The lowest BCUT2D eigenvalue weighted by Gasteiger charge is -2.27. The zero-order valence-electron chi connectivity index (χ0n) is 19.7. The highest BCUT2D eigenvalue weighted by Crippen LogP contribution is 2.13. The minimum absolute atomic E-state index is 0.0377. The predicted molar refractivity (Wildman–Crippen MR) is 126 cm³/mol. The number of carboxylic acid groups (broad SMARTS) is 1. The molecule has 35 heavy (non-hydrogen) atoms. The first kappa shape index (κ1) is 27.3. The number of hydrogen-bond acceptors (Lipinski definition) is 7. The average Bonchev–Trinajstić information content (AvgIpc) is 3.34. The number of phenols is 1. The molecule has 1 aromatic carbocycles. The van der Waals surface area contributed by atoms with Crippen LogP contribution in [-0.2, 0) is 32.0 Å². The summed E-state index contributed by atoms with van der Waals surface area (Å²) in [5, 5.41) is 26.0. The number of aromatic hydroxyl groups is 1. The number of carbonyl (C=O) groups is 4. The molecule has 3 amide bonds. The van der Waals surface area contributed by atoms with Crippen LogP contribution < -0.4 is 21.7 Å². The largest absolute Gasteiger partial charge is 0.508 e. The van der Waals surface area contributed by atoms with Crippen molar-refractivity contribution in [1.82, 2.24) is 25.9 Å². The quantitative estimate of drug-likeness (QED) is 0.194. The number of aliphatic carboxylic acids is 1. The fraction of sp³-hybridized carbons (Fsp3) is 0.435. The number of carbonyl (C=O) groups excluding carboxylic acids is 3. The summed E-state index contributed by atoms with van der Waals surface area (Å²) in [5.41, 5.74) is 7.30. The summed E-state index contributed by atoms with van der Waals surface area (Å²) < 4.78 is 0. The highest BCUT2D eigenvalue weighted by atomic mass is 16.4. The number of amides is 3. The van der Waals surface area contributed by atoms with E-state index in [1.165, 1.54) is 18.5 Å². The van der Waals surface area contributed by atoms with Crippen LogP contribution in [0.2, 0.25) is 0 Å². The average molecular weight is 489 g/mol. The lowest BCUT2D eigenvalue weighted by Crippen LogP contribution is -2.58. The summed E-state index contributed by atoms with van der Waals surface area (Å²) in [5.74, 6) is -3.31. The maximum Gasteiger partial charge on any atom is 0.322 e. The highest BCUT2D eigenvalue weighted by Gasteiger charge is 2.31. The molecule has 4 atom stereocenters. The van der Waals surface area contributed by atoms with Crippen LogP contribution >= 0.6 is 0 Å². The van der Waals surface area contributed by atoms with Crippen molar-refractivity contribution >= 4 is 23.7 Å². The Hall–Kier alpha value is -3.93. The van der Waals surface area contributed by atoms with Crippen LogP contribution in [0.1, 0.15) is 31.5 Å². The van der Waals surface area contributed by atoms with Crippen molar-refractivity contribution in [3.8, 4) is 5.75 Å². The maximum absolute atomic E-state index is 13.2. The number of hydrogen-bond donors (Lipinski definition) is 7. The Morgan fingerprint density at radius 3 is 2.31 bits per heavy atom. The third kappa shape index (κ3) is 8.74. The monoisotopic (exact) mass is 488 g/mol. The number of benzene rings is 1. The summed E-state index contributed by atoms with van der Waals surface area (Å²) in [6.45, 7) is 3.02. The van der Waals surface area contributed by atoms with E-state index in [4.69, 9.17) is 10.8 Å². The second kappa shape index (κ2) is 13.1. The predicted octanol–water partition coefficient (Wildman–Crippen LogP) is -0.556. The van der Waals surface area contributed by atoms with Gasteiger partial charge in [0.25, 0.3) is 0 Å². The van der Waals surface area contributed by atoms with Gasteiger partial charge in [0, 0.05) is 24.7 Å². The van der Waals surface area contributed by atoms with Crippen molar-refractivity contribution in [2.75, 3.05) is 6.54 Å². The number of H-pyrrole nitrogens is 1. The molecule has 1 heterocycles. The zero-order chi connectivity index (χ0) is 26.0. The van der Waals surface area contributed by atoms with Gasteiger partial charge in [-0.1, -0.05) is 32.4 Å². The summed E-state index contributed by atoms with van der Waals surface area (Å²) in [6.07, 6.45) is 3.82. The van der Waals surface area contributed by atoms with E-state index >= 15 is 0 Å². The van der Waals surface area contributed by atoms with Crippen molar-refractivity contribution < 1.29 is 29.4 Å². The highest BCUT2D eigenvalue weighted by molar-refractivity contribution is 5.94. The molecule has 0 bridgehead atoms. The Labute approximate surface area is 202 Å². The number of nitrogens with one attached hydrogen (secondary N) is 4. The van der Waals surface area contributed by atoms with Crippen LogP contribution in [0.4, 0.5) is 0 Å². The van der Waals surface area contributed by atoms with Gasteiger partial charge in [0.1, 0.15) is 24.4 Å². The van der Waals surface area contributed by atoms with Gasteiger partial charge in [-0.3, -0.25) is 19.2 Å². The van der Waals surface area contributed by atoms with E-state index < -0.39 is 48.4 Å². The number of phenolic OH excluding ortho intramolecular Hbond substituents is 1. The molecule has 12 heteroatoms. The van der Waals surface area contributed by atoms with Crippen LogP contribution in [0.25, 0.3) is 0 Å². The Bertz CT molecular complexity index is 994. The molecule has 190 valence electrons. The van der Waals surface area contributed by atoms with Crippen LogP contribution in [0.15, 0.2) is 36.8 Å². The van der Waals surface area contributed by atoms with Crippen LogP contribution in [0.3, 0.4) is 0 Å². The third-order valence-corrected chi connectivity index (χ3v) is 5.55. The summed E-state index contributed by atoms with van der Waals surface area (Å²) in [7, 11) is 0. The normalized spacial score (nSPS) is 14.3. The van der Waals surface area contributed by atoms with Gasteiger partial charge in [-0.05, 0) is 23.6 Å². The minimum atomic E-state index is -1.23. The summed E-state index contributed by atoms with van der Waals surface area (Å²) in [4.78, 5) is 56.2. The molecule has 0 saturated heterocycles. The molecule has 0 radical (unpaired) electrons. The molecule has 12 nitrogen and oxygen atoms in total. The summed E-state index contributed by atoms with van der Waals surface area (Å²) in [6, 6.07) is 3.02. The number of aromatic nitrogens is 2. The number of carboxylic acids is 1. The van der Waals surface area contributed by atoms with E-state index in [1.54, 1.807) is 25.3 Å². The fourth-order valence-electron chi connectivity index (χ4n) is 3.31. The second-order valence-corrected chi connectivity index (χ2v) is 8.30. The molecule has 0 saturated carbocycles. The first-order valence-corrected chi connectivity index (χ1v) is 11.2. The van der Waals surface area contributed by atoms with Gasteiger partial charge >= 0.3 is 5.97 Å². The van der Waals surface area contributed by atoms with Crippen molar-refractivity contribution in [3.05, 3.63) is 48.0 Å². The Morgan fingerprint density at radius 2 is 1.74 bits per heavy atom. The van der Waals surface area contributed by atoms with E-state index in [1.807, 2.05) is 6.92 Å². The minimum Gasteiger partial charge on any atom is -0.508 e. The van der Waals surface area contributed by atoms with Gasteiger partial charge in [-0.15, -0.1) is 0 Å². The third-order valence-electron chi connectivity index (χ3n) is 5.55.